The second-order valence-electron chi connectivity index (χ2n) is 14.6. The Morgan fingerprint density at radius 2 is 1.72 bits per heavy atom. The minimum Gasteiger partial charge on any atom is -0.504 e. The van der Waals surface area contributed by atoms with E-state index in [0.717, 1.165) is 36.9 Å². The van der Waals surface area contributed by atoms with Gasteiger partial charge in [0.2, 0.25) is 17.7 Å². The summed E-state index contributed by atoms with van der Waals surface area (Å²) in [6.07, 6.45) is 4.50. The van der Waals surface area contributed by atoms with E-state index in [-0.39, 0.29) is 29.3 Å². The molecule has 2 aliphatic heterocycles. The lowest BCUT2D eigenvalue weighted by Gasteiger charge is -2.57. The zero-order valence-electron chi connectivity index (χ0n) is 33.6. The van der Waals surface area contributed by atoms with Crippen LogP contribution in [0.3, 0.4) is 0 Å². The lowest BCUT2D eigenvalue weighted by molar-refractivity contribution is -0.141. The number of carbonyl (C=O) groups excluding carboxylic acids is 5. The third kappa shape index (κ3) is 11.2. The van der Waals surface area contributed by atoms with Gasteiger partial charge in [-0.1, -0.05) is 6.07 Å². The molecule has 2 fully saturated rings. The predicted molar refractivity (Wildman–Crippen MR) is 210 cm³/mol. The minimum atomic E-state index is -1.30. The second-order valence-corrected chi connectivity index (χ2v) is 14.6. The number of carboxylic acid groups (broad SMARTS) is 1. The van der Waals surface area contributed by atoms with E-state index in [1.807, 2.05) is 6.07 Å². The molecule has 3 unspecified atom stereocenters. The standard InChI is InChI=1S/C26H35N3O6.C12H22N6O5/c1-4-34-24(31)28-11-13-29(14-12-28)25(32)35-18-6-7-19-20-15-17-5-8-21(33-3)23(30)22(17)26(19,16-18)9-10-27(20)2;1-15-11(23)7(3-2-4-16-12(13)14)18-9(20)6-17-8(19)5-10(21)22/h5-6,8,19-20,30H,4,7,9-16H2,1-3H3;7H,2-6H2,1H3,(H,15,23)(H,17,19)(H,18,20)(H,21,22)(H4,13,14,16)/t19?,20?,26-;/m0./s1. The highest BCUT2D eigenvalue weighted by Crippen LogP contribution is 2.58. The molecular weight excluding hydrogens is 758 g/mol. The normalized spacial score (nSPS) is 21.2. The number of aliphatic carboxylic acids is 1. The smallest absolute Gasteiger partial charge is 0.415 e. The highest BCUT2D eigenvalue weighted by Gasteiger charge is 2.55. The number of methoxy groups -OCH3 is 1. The quantitative estimate of drug-likeness (QED) is 0.0596. The van der Waals surface area contributed by atoms with Gasteiger partial charge >= 0.3 is 18.2 Å². The number of likely N-dealkylation sites (N-methyl/N-ethyl adjacent to an activating group) is 2. The summed E-state index contributed by atoms with van der Waals surface area (Å²) in [5.41, 5.74) is 12.2. The number of piperazine rings is 1. The first-order chi connectivity index (χ1) is 27.6. The van der Waals surface area contributed by atoms with Crippen molar-refractivity contribution in [3.05, 3.63) is 35.1 Å². The van der Waals surface area contributed by atoms with Gasteiger partial charge in [-0.2, -0.15) is 0 Å². The van der Waals surface area contributed by atoms with Crippen molar-refractivity contribution in [2.75, 3.05) is 73.6 Å². The van der Waals surface area contributed by atoms with Crippen molar-refractivity contribution in [1.82, 2.24) is 30.7 Å². The van der Waals surface area contributed by atoms with Crippen molar-refractivity contribution in [2.24, 2.45) is 22.4 Å². The van der Waals surface area contributed by atoms with Crippen LogP contribution in [0.1, 0.15) is 56.6 Å². The van der Waals surface area contributed by atoms with Crippen molar-refractivity contribution >= 4 is 41.8 Å². The van der Waals surface area contributed by atoms with E-state index in [2.05, 4.69) is 45.0 Å². The molecule has 4 aliphatic rings. The maximum absolute atomic E-state index is 13.0. The summed E-state index contributed by atoms with van der Waals surface area (Å²) in [6.45, 7) is 4.59. The summed E-state index contributed by atoms with van der Waals surface area (Å²) in [7, 11) is 5.18. The molecule has 20 nitrogen and oxygen atoms in total. The van der Waals surface area contributed by atoms with Gasteiger partial charge in [0.1, 0.15) is 18.2 Å². The van der Waals surface area contributed by atoms with Crippen molar-refractivity contribution in [2.45, 2.75) is 69.4 Å². The molecule has 1 aromatic carbocycles. The van der Waals surface area contributed by atoms with Crippen LogP contribution in [-0.4, -0.2) is 152 Å². The van der Waals surface area contributed by atoms with Gasteiger partial charge in [0.15, 0.2) is 17.5 Å². The number of nitrogens with one attached hydrogen (secondary N) is 3. The number of allylic oxidation sites excluding steroid dienone is 2. The number of phenolic OH excluding ortho intramolecular Hbond substituents is 1. The van der Waals surface area contributed by atoms with Crippen LogP contribution >= 0.6 is 0 Å². The number of benzene rings is 1. The Hall–Kier alpha value is -5.79. The van der Waals surface area contributed by atoms with Crippen LogP contribution in [0.15, 0.2) is 29.0 Å². The molecule has 2 aliphatic carbocycles. The number of guanidine groups is 1. The number of fused-ring (bicyclic) bond motifs is 1. The monoisotopic (exact) mass is 815 g/mol. The fraction of sp³-hybridized carbons (Fsp3) is 0.605. The first-order valence-electron chi connectivity index (χ1n) is 19.4. The number of rotatable bonds is 13. The Bertz CT molecular complexity index is 1740. The molecule has 5 amide bonds. The van der Waals surface area contributed by atoms with E-state index in [1.165, 1.54) is 7.05 Å². The van der Waals surface area contributed by atoms with Gasteiger partial charge in [0, 0.05) is 63.2 Å². The van der Waals surface area contributed by atoms with E-state index in [0.29, 0.717) is 82.1 Å². The van der Waals surface area contributed by atoms with Gasteiger partial charge in [-0.15, -0.1) is 0 Å². The van der Waals surface area contributed by atoms with Crippen LogP contribution < -0.4 is 32.2 Å². The van der Waals surface area contributed by atoms with Gasteiger partial charge in [-0.3, -0.25) is 24.2 Å². The fourth-order valence-electron chi connectivity index (χ4n) is 8.18. The van der Waals surface area contributed by atoms with Crippen molar-refractivity contribution in [3.63, 3.8) is 0 Å². The first-order valence-corrected chi connectivity index (χ1v) is 19.4. The molecule has 2 bridgehead atoms. The Kier molecular flexibility index (Phi) is 15.9. The average molecular weight is 816 g/mol. The summed E-state index contributed by atoms with van der Waals surface area (Å²) in [4.78, 5) is 79.2. The average Bonchev–Trinajstić information content (AvgIpc) is 3.19. The summed E-state index contributed by atoms with van der Waals surface area (Å²) < 4.78 is 16.4. The molecular formula is C38H57N9O11. The molecule has 2 heterocycles. The number of likely N-dealkylation sites (tertiary alicyclic amines) is 1. The number of aromatic hydroxyl groups is 1. The molecule has 0 aromatic heterocycles. The molecule has 20 heteroatoms. The number of aliphatic imine (C=N–C) groups is 1. The van der Waals surface area contributed by atoms with Crippen molar-refractivity contribution < 1.29 is 53.2 Å². The van der Waals surface area contributed by atoms with Gasteiger partial charge in [0.25, 0.3) is 0 Å². The minimum absolute atomic E-state index is 0.0633. The molecule has 0 radical (unpaired) electrons. The van der Waals surface area contributed by atoms with Gasteiger partial charge in [0.05, 0.1) is 20.3 Å². The largest absolute Gasteiger partial charge is 0.504 e. The van der Waals surface area contributed by atoms with Crippen LogP contribution in [0.5, 0.6) is 11.5 Å². The number of ether oxygens (including phenoxy) is 3. The van der Waals surface area contributed by atoms with Gasteiger partial charge < -0.3 is 66.5 Å². The zero-order chi connectivity index (χ0) is 42.6. The number of carbonyl (C=O) groups is 6. The molecule has 5 rings (SSSR count). The van der Waals surface area contributed by atoms with Crippen molar-refractivity contribution in [1.29, 1.82) is 0 Å². The molecule has 4 atom stereocenters. The van der Waals surface area contributed by atoms with E-state index in [9.17, 15) is 33.9 Å². The maximum Gasteiger partial charge on any atom is 0.415 e. The molecule has 9 N–H and O–H groups in total. The number of hydrogen-bond acceptors (Lipinski definition) is 12. The molecule has 0 spiro atoms. The van der Waals surface area contributed by atoms with Gasteiger partial charge in [-0.05, 0) is 76.2 Å². The molecule has 0 saturated carbocycles. The van der Waals surface area contributed by atoms with E-state index in [1.54, 1.807) is 23.8 Å². The Morgan fingerprint density at radius 1 is 1.03 bits per heavy atom. The predicted octanol–water partition coefficient (Wildman–Crippen LogP) is -0.0349. The van der Waals surface area contributed by atoms with Crippen LogP contribution in [0.25, 0.3) is 0 Å². The summed E-state index contributed by atoms with van der Waals surface area (Å²) in [5, 5.41) is 26.6. The topological polar surface area (TPSA) is 281 Å². The lowest BCUT2D eigenvalue weighted by Crippen LogP contribution is -2.59. The van der Waals surface area contributed by atoms with E-state index >= 15 is 0 Å². The summed E-state index contributed by atoms with van der Waals surface area (Å²) in [6, 6.07) is 3.49. The van der Waals surface area contributed by atoms with E-state index in [4.69, 9.17) is 30.8 Å². The number of piperidine rings is 1. The van der Waals surface area contributed by atoms with Crippen LogP contribution in [0.2, 0.25) is 0 Å². The highest BCUT2D eigenvalue weighted by molar-refractivity contribution is 5.95. The number of nitrogens with zero attached hydrogens (tertiary/aromatic N) is 4. The number of phenols is 1. The third-order valence-corrected chi connectivity index (χ3v) is 11.0. The van der Waals surface area contributed by atoms with Crippen LogP contribution in [0.4, 0.5) is 9.59 Å². The summed E-state index contributed by atoms with van der Waals surface area (Å²) >= 11 is 0. The molecule has 1 aromatic rings. The fourth-order valence-corrected chi connectivity index (χ4v) is 8.18. The molecule has 58 heavy (non-hydrogen) atoms. The Balaban J connectivity index is 0.000000284. The highest BCUT2D eigenvalue weighted by atomic mass is 16.6. The third-order valence-electron chi connectivity index (χ3n) is 11.0. The maximum atomic E-state index is 13.0. The molecule has 2 saturated heterocycles. The van der Waals surface area contributed by atoms with E-state index < -0.39 is 42.7 Å². The Labute approximate surface area is 337 Å². The summed E-state index contributed by atoms with van der Waals surface area (Å²) in [5.74, 6) is -1.46. The SMILES string of the molecule is CCOC(=O)N1CCN(C(=O)OC2=CCC3C4Cc5ccc(OC)c(O)c5[C@@]3(CCN4C)C2)CC1.CNC(=O)C(CCCN=C(N)N)NC(=O)CNC(=O)CC(=O)O. The number of hydrogen-bond donors (Lipinski definition) is 7. The lowest BCUT2D eigenvalue weighted by atomic mass is 9.53. The van der Waals surface area contributed by atoms with Crippen LogP contribution in [0, 0.1) is 5.92 Å². The van der Waals surface area contributed by atoms with Crippen molar-refractivity contribution in [3.8, 4) is 11.5 Å². The molecule has 320 valence electrons. The Morgan fingerprint density at radius 3 is 2.34 bits per heavy atom. The number of carboxylic acids is 1. The number of amides is 5. The zero-order valence-corrected chi connectivity index (χ0v) is 33.6. The number of nitrogens with two attached hydrogens (primary N) is 2. The first kappa shape index (κ1) is 44.9. The van der Waals surface area contributed by atoms with Crippen LogP contribution in [-0.2, 0) is 40.5 Å². The van der Waals surface area contributed by atoms with Gasteiger partial charge in [-0.25, -0.2) is 9.59 Å². The second kappa shape index (κ2) is 20.6.